The summed E-state index contributed by atoms with van der Waals surface area (Å²) in [7, 11) is 4.93. The van der Waals surface area contributed by atoms with E-state index in [1.54, 1.807) is 24.8 Å². The Morgan fingerprint density at radius 2 is 1.87 bits per heavy atom. The molecule has 0 bridgehead atoms. The first-order valence-corrected chi connectivity index (χ1v) is 10.4. The molecule has 1 aromatic carbocycles. The Morgan fingerprint density at radius 1 is 1.10 bits per heavy atom. The van der Waals surface area contributed by atoms with Gasteiger partial charge in [0.15, 0.2) is 0 Å². The van der Waals surface area contributed by atoms with Crippen LogP contribution in [0.15, 0.2) is 35.4 Å². The van der Waals surface area contributed by atoms with Gasteiger partial charge in [-0.1, -0.05) is 0 Å². The number of hydrogen-bond donors (Lipinski definition) is 1. The van der Waals surface area contributed by atoms with Crippen molar-refractivity contribution in [3.8, 4) is 11.6 Å². The van der Waals surface area contributed by atoms with Gasteiger partial charge >= 0.3 is 5.69 Å². The minimum absolute atomic E-state index is 0.0270. The Labute approximate surface area is 180 Å². The molecule has 1 aliphatic rings. The predicted octanol–water partition coefficient (Wildman–Crippen LogP) is 2.59. The molecule has 1 saturated carbocycles. The largest absolute Gasteiger partial charge is 0.497 e. The predicted molar refractivity (Wildman–Crippen MR) is 116 cm³/mol. The second-order valence-corrected chi connectivity index (χ2v) is 7.96. The minimum atomic E-state index is -0.0680. The molecule has 31 heavy (non-hydrogen) atoms. The van der Waals surface area contributed by atoms with E-state index in [1.165, 1.54) is 13.4 Å². The third-order valence-electron chi connectivity index (χ3n) is 6.11. The summed E-state index contributed by atoms with van der Waals surface area (Å²) in [4.78, 5) is 33.5. The van der Waals surface area contributed by atoms with Crippen LogP contribution >= 0.6 is 0 Å². The van der Waals surface area contributed by atoms with Crippen molar-refractivity contribution in [3.05, 3.63) is 41.1 Å². The molecule has 0 atom stereocenters. The molecule has 1 amide bonds. The quantitative estimate of drug-likeness (QED) is 0.652. The van der Waals surface area contributed by atoms with E-state index in [1.807, 2.05) is 22.8 Å². The fraction of sp³-hybridized carbons (Fsp3) is 0.455. The van der Waals surface area contributed by atoms with Gasteiger partial charge < -0.3 is 14.8 Å². The highest BCUT2D eigenvalue weighted by Crippen LogP contribution is 2.31. The average molecular weight is 425 g/mol. The number of anilines is 1. The van der Waals surface area contributed by atoms with Crippen LogP contribution in [0.25, 0.3) is 11.0 Å². The van der Waals surface area contributed by atoms with E-state index in [2.05, 4.69) is 15.3 Å². The number of nitrogens with zero attached hydrogens (tertiary/aromatic N) is 4. The molecule has 2 aromatic heterocycles. The number of hydrogen-bond acceptors (Lipinski definition) is 6. The number of carbonyl (C=O) groups is 1. The number of fused-ring (bicyclic) bond motifs is 1. The van der Waals surface area contributed by atoms with Crippen molar-refractivity contribution in [2.75, 3.05) is 19.5 Å². The maximum absolute atomic E-state index is 12.8. The van der Waals surface area contributed by atoms with Gasteiger partial charge in [0.05, 0.1) is 25.3 Å². The van der Waals surface area contributed by atoms with Crippen molar-refractivity contribution in [1.82, 2.24) is 19.1 Å². The Bertz CT molecular complexity index is 1140. The molecule has 1 fully saturated rings. The molecular formula is C22H27N5O4. The number of methoxy groups -OCH3 is 2. The molecule has 164 valence electrons. The lowest BCUT2D eigenvalue weighted by atomic mass is 9.81. The van der Waals surface area contributed by atoms with Crippen LogP contribution in [0.3, 0.4) is 0 Å². The van der Waals surface area contributed by atoms with E-state index in [-0.39, 0.29) is 17.5 Å². The van der Waals surface area contributed by atoms with Crippen LogP contribution in [0.5, 0.6) is 11.6 Å². The Morgan fingerprint density at radius 3 is 2.58 bits per heavy atom. The van der Waals surface area contributed by atoms with Crippen molar-refractivity contribution in [2.24, 2.45) is 18.9 Å². The van der Waals surface area contributed by atoms with Gasteiger partial charge in [0.2, 0.25) is 11.8 Å². The molecule has 2 heterocycles. The second kappa shape index (κ2) is 8.79. The molecule has 9 nitrogen and oxygen atoms in total. The van der Waals surface area contributed by atoms with Crippen LogP contribution in [0, 0.1) is 11.8 Å². The first-order chi connectivity index (χ1) is 15.0. The molecule has 3 aromatic rings. The highest BCUT2D eigenvalue weighted by molar-refractivity contribution is 5.91. The molecule has 9 heteroatoms. The molecule has 1 aliphatic carbocycles. The van der Waals surface area contributed by atoms with E-state index in [0.717, 1.165) is 42.5 Å². The number of imidazole rings is 1. The van der Waals surface area contributed by atoms with Gasteiger partial charge in [-0.2, -0.15) is 0 Å². The Balaban J connectivity index is 1.41. The van der Waals surface area contributed by atoms with E-state index < -0.39 is 0 Å². The van der Waals surface area contributed by atoms with Gasteiger partial charge in [0.25, 0.3) is 0 Å². The van der Waals surface area contributed by atoms with Crippen molar-refractivity contribution in [1.29, 1.82) is 0 Å². The van der Waals surface area contributed by atoms with Crippen LogP contribution in [0.1, 0.15) is 25.7 Å². The van der Waals surface area contributed by atoms with Crippen molar-refractivity contribution in [3.63, 3.8) is 0 Å². The Hall–Kier alpha value is -3.36. The summed E-state index contributed by atoms with van der Waals surface area (Å²) in [5.74, 6) is 1.82. The second-order valence-electron chi connectivity index (χ2n) is 7.96. The standard InChI is InChI=1S/C22H27N5O4/c1-26-17-9-8-16(30-2)10-18(17)27(22(26)29)12-14-4-6-15(7-5-14)21(28)25-19-11-20(31-3)24-13-23-19/h8-11,13-15H,4-7,12H2,1-3H3,(H,23,24,25,28). The number of aromatic nitrogens is 4. The van der Waals surface area contributed by atoms with Gasteiger partial charge in [0.1, 0.15) is 17.9 Å². The zero-order valence-electron chi connectivity index (χ0n) is 18.0. The lowest BCUT2D eigenvalue weighted by Gasteiger charge is -2.27. The molecule has 0 radical (unpaired) electrons. The fourth-order valence-corrected chi connectivity index (χ4v) is 4.31. The number of aryl methyl sites for hydroxylation is 1. The molecule has 0 spiro atoms. The Kier molecular flexibility index (Phi) is 5.92. The number of benzene rings is 1. The lowest BCUT2D eigenvalue weighted by molar-refractivity contribution is -0.121. The normalized spacial score (nSPS) is 18.7. The van der Waals surface area contributed by atoms with Crippen LogP contribution in [-0.4, -0.2) is 39.2 Å². The van der Waals surface area contributed by atoms with Crippen molar-refractivity contribution in [2.45, 2.75) is 32.2 Å². The third-order valence-corrected chi connectivity index (χ3v) is 6.11. The molecule has 4 rings (SSSR count). The summed E-state index contributed by atoms with van der Waals surface area (Å²) < 4.78 is 13.9. The molecule has 1 N–H and O–H groups in total. The maximum Gasteiger partial charge on any atom is 0.328 e. The number of carbonyl (C=O) groups excluding carboxylic acids is 1. The zero-order valence-corrected chi connectivity index (χ0v) is 18.0. The zero-order chi connectivity index (χ0) is 22.0. The van der Waals surface area contributed by atoms with E-state index >= 15 is 0 Å². The smallest absolute Gasteiger partial charge is 0.328 e. The summed E-state index contributed by atoms with van der Waals surface area (Å²) in [5, 5.41) is 2.86. The summed E-state index contributed by atoms with van der Waals surface area (Å²) in [6.07, 6.45) is 4.70. The molecule has 0 saturated heterocycles. The summed E-state index contributed by atoms with van der Waals surface area (Å²) >= 11 is 0. The minimum Gasteiger partial charge on any atom is -0.497 e. The lowest BCUT2D eigenvalue weighted by Crippen LogP contribution is -2.31. The van der Waals surface area contributed by atoms with E-state index in [0.29, 0.717) is 24.2 Å². The average Bonchev–Trinajstić information content (AvgIpc) is 3.03. The number of amides is 1. The maximum atomic E-state index is 12.8. The van der Waals surface area contributed by atoms with Crippen LogP contribution in [0.4, 0.5) is 5.82 Å². The number of rotatable bonds is 6. The van der Waals surface area contributed by atoms with Crippen molar-refractivity contribution < 1.29 is 14.3 Å². The topological polar surface area (TPSA) is 100 Å². The van der Waals surface area contributed by atoms with Crippen molar-refractivity contribution >= 4 is 22.8 Å². The first-order valence-electron chi connectivity index (χ1n) is 10.4. The molecular weight excluding hydrogens is 398 g/mol. The van der Waals surface area contributed by atoms with Gasteiger partial charge in [-0.15, -0.1) is 0 Å². The summed E-state index contributed by atoms with van der Waals surface area (Å²) in [5.41, 5.74) is 1.74. The van der Waals surface area contributed by atoms with Gasteiger partial charge in [-0.25, -0.2) is 14.8 Å². The third kappa shape index (κ3) is 4.26. The highest BCUT2D eigenvalue weighted by Gasteiger charge is 2.28. The molecule has 0 aliphatic heterocycles. The van der Waals surface area contributed by atoms with Crippen LogP contribution in [0.2, 0.25) is 0 Å². The van der Waals surface area contributed by atoms with Gasteiger partial charge in [-0.05, 0) is 43.7 Å². The SMILES string of the molecule is COc1ccc2c(c1)n(CC1CCC(C(=O)Nc3cc(OC)ncn3)CC1)c(=O)n2C. The van der Waals surface area contributed by atoms with Crippen LogP contribution in [-0.2, 0) is 18.4 Å². The van der Waals surface area contributed by atoms with Gasteiger partial charge in [-0.3, -0.25) is 13.9 Å². The summed E-state index contributed by atoms with van der Waals surface area (Å²) in [6, 6.07) is 7.29. The number of nitrogens with one attached hydrogen (secondary N) is 1. The highest BCUT2D eigenvalue weighted by atomic mass is 16.5. The first kappa shape index (κ1) is 20.9. The van der Waals surface area contributed by atoms with E-state index in [9.17, 15) is 9.59 Å². The fourth-order valence-electron chi connectivity index (χ4n) is 4.31. The van der Waals surface area contributed by atoms with Crippen LogP contribution < -0.4 is 20.5 Å². The monoisotopic (exact) mass is 425 g/mol. The van der Waals surface area contributed by atoms with Gasteiger partial charge in [0, 0.05) is 31.6 Å². The number of ether oxygens (including phenoxy) is 2. The van der Waals surface area contributed by atoms with E-state index in [4.69, 9.17) is 9.47 Å². The molecule has 0 unspecified atom stereocenters. The summed E-state index contributed by atoms with van der Waals surface area (Å²) in [6.45, 7) is 0.640.